The second-order valence-corrected chi connectivity index (χ2v) is 8.79. The molecule has 0 spiro atoms. The number of carbonyl (C=O) groups excluding carboxylic acids is 2. The molecular formula is C20H31N7O3. The zero-order valence-corrected chi connectivity index (χ0v) is 18.2. The highest BCUT2D eigenvalue weighted by molar-refractivity contribution is 5.90. The summed E-state index contributed by atoms with van der Waals surface area (Å²) in [4.78, 5) is 31.6. The van der Waals surface area contributed by atoms with Crippen LogP contribution in [0.2, 0.25) is 0 Å². The number of amides is 2. The highest BCUT2D eigenvalue weighted by Crippen LogP contribution is 2.34. The number of carbonyl (C=O) groups is 2. The molecular weight excluding hydrogens is 386 g/mol. The molecule has 1 aliphatic heterocycles. The molecule has 3 rings (SSSR count). The minimum Gasteiger partial charge on any atom is -0.391 e. The van der Waals surface area contributed by atoms with E-state index >= 15 is 0 Å². The Kier molecular flexibility index (Phi) is 6.25. The van der Waals surface area contributed by atoms with Crippen LogP contribution in [0, 0.1) is 5.41 Å². The number of aromatic nitrogens is 5. The number of imidazole rings is 1. The van der Waals surface area contributed by atoms with E-state index in [9.17, 15) is 14.7 Å². The minimum atomic E-state index is -0.725. The minimum absolute atomic E-state index is 0.125. The summed E-state index contributed by atoms with van der Waals surface area (Å²) in [5, 5.41) is 21.2. The van der Waals surface area contributed by atoms with E-state index in [2.05, 4.69) is 20.6 Å². The van der Waals surface area contributed by atoms with E-state index in [-0.39, 0.29) is 24.8 Å². The molecule has 0 aromatic carbocycles. The maximum Gasteiger partial charge on any atom is 0.248 e. The second-order valence-electron chi connectivity index (χ2n) is 8.79. The van der Waals surface area contributed by atoms with Crippen molar-refractivity contribution in [3.05, 3.63) is 30.1 Å². The molecule has 10 heteroatoms. The summed E-state index contributed by atoms with van der Waals surface area (Å²) < 4.78 is 3.58. The fourth-order valence-corrected chi connectivity index (χ4v) is 3.99. The Balaban J connectivity index is 1.87. The van der Waals surface area contributed by atoms with Crippen LogP contribution in [0.3, 0.4) is 0 Å². The Labute approximate surface area is 176 Å². The lowest BCUT2D eigenvalue weighted by molar-refractivity contribution is -0.144. The van der Waals surface area contributed by atoms with E-state index in [1.807, 2.05) is 38.5 Å². The molecule has 2 N–H and O–H groups in total. The summed E-state index contributed by atoms with van der Waals surface area (Å²) in [7, 11) is 1.53. The maximum atomic E-state index is 13.5. The van der Waals surface area contributed by atoms with Crippen LogP contribution in [0.1, 0.15) is 51.7 Å². The summed E-state index contributed by atoms with van der Waals surface area (Å²) in [6.45, 7) is 8.52. The molecule has 2 aromatic rings. The maximum absolute atomic E-state index is 13.5. The van der Waals surface area contributed by atoms with Crippen LogP contribution in [0.15, 0.2) is 18.6 Å². The quantitative estimate of drug-likeness (QED) is 0.702. The number of aryl methyl sites for hydroxylation is 1. The summed E-state index contributed by atoms with van der Waals surface area (Å²) in [6.07, 6.45) is 5.73. The molecule has 0 saturated carbocycles. The van der Waals surface area contributed by atoms with Crippen molar-refractivity contribution in [2.45, 2.75) is 65.3 Å². The lowest BCUT2D eigenvalue weighted by Crippen LogP contribution is -2.49. The third-order valence-corrected chi connectivity index (χ3v) is 5.44. The number of rotatable bonds is 6. The Hall–Kier alpha value is -2.75. The molecule has 30 heavy (non-hydrogen) atoms. The average Bonchev–Trinajstić information content (AvgIpc) is 3.40. The van der Waals surface area contributed by atoms with Crippen LogP contribution in [0.25, 0.3) is 0 Å². The van der Waals surface area contributed by atoms with Gasteiger partial charge in [-0.3, -0.25) is 9.59 Å². The Bertz CT molecular complexity index is 898. The molecule has 1 aliphatic rings. The van der Waals surface area contributed by atoms with Crippen LogP contribution in [-0.4, -0.2) is 72.1 Å². The first-order valence-electron chi connectivity index (χ1n) is 10.3. The van der Waals surface area contributed by atoms with Gasteiger partial charge in [-0.1, -0.05) is 32.9 Å². The molecule has 0 aliphatic carbocycles. The Morgan fingerprint density at radius 1 is 1.37 bits per heavy atom. The predicted molar refractivity (Wildman–Crippen MR) is 109 cm³/mol. The lowest BCUT2D eigenvalue weighted by Gasteiger charge is -2.34. The largest absolute Gasteiger partial charge is 0.391 e. The van der Waals surface area contributed by atoms with Crippen molar-refractivity contribution in [3.8, 4) is 0 Å². The van der Waals surface area contributed by atoms with Gasteiger partial charge >= 0.3 is 0 Å². The standard InChI is InChI=1S/C20H31N7O3/c1-6-16-22-7-8-25(16)10-13-11-27(24-23-13)17(20(2,3)4)19(30)26-12-14(28)9-15(26)18(29)21-5/h7-8,11,14-15,17,28H,6,9-10,12H2,1-5H3,(H,21,29)/t14?,15-,17?/m1/s1. The molecule has 2 aromatic heterocycles. The molecule has 10 nitrogen and oxygen atoms in total. The van der Waals surface area contributed by atoms with E-state index in [1.54, 1.807) is 17.1 Å². The highest BCUT2D eigenvalue weighted by atomic mass is 16.3. The van der Waals surface area contributed by atoms with Crippen molar-refractivity contribution in [2.75, 3.05) is 13.6 Å². The molecule has 0 radical (unpaired) electrons. The summed E-state index contributed by atoms with van der Waals surface area (Å²) in [5.74, 6) is 0.424. The van der Waals surface area contributed by atoms with Gasteiger partial charge in [0.1, 0.15) is 23.6 Å². The van der Waals surface area contributed by atoms with Crippen LogP contribution >= 0.6 is 0 Å². The first kappa shape index (κ1) is 21.9. The predicted octanol–water partition coefficient (Wildman–Crippen LogP) is 0.380. The van der Waals surface area contributed by atoms with Gasteiger partial charge in [0.05, 0.1) is 18.8 Å². The van der Waals surface area contributed by atoms with Gasteiger partial charge in [0.2, 0.25) is 11.8 Å². The van der Waals surface area contributed by atoms with Gasteiger partial charge in [-0.25, -0.2) is 9.67 Å². The molecule has 3 atom stereocenters. The van der Waals surface area contributed by atoms with Gasteiger partial charge in [0, 0.05) is 38.8 Å². The van der Waals surface area contributed by atoms with E-state index in [0.29, 0.717) is 12.2 Å². The lowest BCUT2D eigenvalue weighted by atomic mass is 9.85. The molecule has 1 fully saturated rings. The highest BCUT2D eigenvalue weighted by Gasteiger charge is 2.44. The summed E-state index contributed by atoms with van der Waals surface area (Å²) in [6, 6.07) is -1.35. The zero-order valence-electron chi connectivity index (χ0n) is 18.2. The van der Waals surface area contributed by atoms with Gasteiger partial charge in [-0.2, -0.15) is 0 Å². The molecule has 1 saturated heterocycles. The van der Waals surface area contributed by atoms with Crippen LogP contribution in [0.5, 0.6) is 0 Å². The van der Waals surface area contributed by atoms with Crippen molar-refractivity contribution in [2.24, 2.45) is 5.41 Å². The van der Waals surface area contributed by atoms with Gasteiger partial charge in [-0.15, -0.1) is 5.10 Å². The van der Waals surface area contributed by atoms with Gasteiger partial charge < -0.3 is 19.9 Å². The number of nitrogens with zero attached hydrogens (tertiary/aromatic N) is 6. The number of aliphatic hydroxyl groups excluding tert-OH is 1. The Morgan fingerprint density at radius 2 is 2.10 bits per heavy atom. The van der Waals surface area contributed by atoms with Crippen molar-refractivity contribution < 1.29 is 14.7 Å². The molecule has 3 heterocycles. The number of aliphatic hydroxyl groups is 1. The molecule has 2 unspecified atom stereocenters. The first-order chi connectivity index (χ1) is 14.2. The third kappa shape index (κ3) is 4.38. The number of likely N-dealkylation sites (N-methyl/N-ethyl adjacent to an activating group) is 1. The zero-order chi connectivity index (χ0) is 22.1. The third-order valence-electron chi connectivity index (χ3n) is 5.44. The summed E-state index contributed by atoms with van der Waals surface area (Å²) >= 11 is 0. The number of β-amino-alcohol motifs (C(OH)–C–C–N with tert-alkyl or cyclic N) is 1. The molecule has 164 valence electrons. The monoisotopic (exact) mass is 417 g/mol. The Morgan fingerprint density at radius 3 is 2.73 bits per heavy atom. The van der Waals surface area contributed by atoms with Crippen LogP contribution in [-0.2, 0) is 22.6 Å². The topological polar surface area (TPSA) is 118 Å². The van der Waals surface area contributed by atoms with Gasteiger partial charge in [0.15, 0.2) is 0 Å². The number of hydrogen-bond acceptors (Lipinski definition) is 6. The van der Waals surface area contributed by atoms with E-state index in [4.69, 9.17) is 0 Å². The van der Waals surface area contributed by atoms with Crippen molar-refractivity contribution in [1.29, 1.82) is 0 Å². The summed E-state index contributed by atoms with van der Waals surface area (Å²) in [5.41, 5.74) is 0.237. The second kappa shape index (κ2) is 8.55. The number of nitrogens with one attached hydrogen (secondary N) is 1. The number of likely N-dealkylation sites (tertiary alicyclic amines) is 1. The fraction of sp³-hybridized carbons (Fsp3) is 0.650. The SMILES string of the molecule is CCc1nccn1Cc1cn(C(C(=O)N2CC(O)C[C@@H]2C(=O)NC)C(C)(C)C)nn1. The molecule has 2 amide bonds. The fourth-order valence-electron chi connectivity index (χ4n) is 3.99. The van der Waals surface area contributed by atoms with Gasteiger partial charge in [-0.05, 0) is 5.41 Å². The van der Waals surface area contributed by atoms with E-state index < -0.39 is 23.6 Å². The molecule has 0 bridgehead atoms. The van der Waals surface area contributed by atoms with Crippen LogP contribution in [0.4, 0.5) is 0 Å². The smallest absolute Gasteiger partial charge is 0.248 e. The van der Waals surface area contributed by atoms with Crippen LogP contribution < -0.4 is 5.32 Å². The van der Waals surface area contributed by atoms with Crippen molar-refractivity contribution >= 4 is 11.8 Å². The van der Waals surface area contributed by atoms with Crippen molar-refractivity contribution in [1.82, 2.24) is 34.8 Å². The van der Waals surface area contributed by atoms with E-state index in [1.165, 1.54) is 11.9 Å². The average molecular weight is 418 g/mol. The number of hydrogen-bond donors (Lipinski definition) is 2. The van der Waals surface area contributed by atoms with Crippen molar-refractivity contribution in [3.63, 3.8) is 0 Å². The normalized spacial score (nSPS) is 20.4. The van der Waals surface area contributed by atoms with Gasteiger partial charge in [0.25, 0.3) is 0 Å². The first-order valence-corrected chi connectivity index (χ1v) is 10.3. The van der Waals surface area contributed by atoms with E-state index in [0.717, 1.165) is 12.2 Å².